The Kier molecular flexibility index (Phi) is 10.4. The smallest absolute Gasteiger partial charge is 0.251 e. The number of alkyl halides is 1. The molecule has 1 amide bonds. The van der Waals surface area contributed by atoms with Gasteiger partial charge in [0, 0.05) is 42.3 Å². The molecule has 2 aromatic carbocycles. The molecular formula is C27H30FIN6O3S. The first-order chi connectivity index (χ1) is 18.9. The molecule has 2 aromatic heterocycles. The Morgan fingerprint density at radius 3 is 2.77 bits per heavy atom. The fraction of sp³-hybridized carbons (Fsp3) is 0.296. The average Bonchev–Trinajstić information content (AvgIpc) is 3.37. The summed E-state index contributed by atoms with van der Waals surface area (Å²) < 4.78 is 33.2. The van der Waals surface area contributed by atoms with Gasteiger partial charge >= 0.3 is 0 Å². The van der Waals surface area contributed by atoms with E-state index in [2.05, 4.69) is 48.5 Å². The van der Waals surface area contributed by atoms with Gasteiger partial charge in [0.15, 0.2) is 26.8 Å². The van der Waals surface area contributed by atoms with Crippen LogP contribution in [0.25, 0.3) is 16.9 Å². The SMILES string of the molecule is COc1ccc(-c2cnc3c(Nc4ccc(C(=O)NCCCNCC[S+]([O-])CI)c(C)c4)nccn23)cc1F. The normalized spacial score (nSPS) is 11.9. The highest BCUT2D eigenvalue weighted by Gasteiger charge is 2.14. The summed E-state index contributed by atoms with van der Waals surface area (Å²) in [5.41, 5.74) is 4.14. The van der Waals surface area contributed by atoms with Crippen molar-refractivity contribution in [2.24, 2.45) is 0 Å². The number of amides is 1. The van der Waals surface area contributed by atoms with Crippen molar-refractivity contribution in [3.05, 3.63) is 71.9 Å². The zero-order valence-corrected chi connectivity index (χ0v) is 24.6. The topological polar surface area (TPSA) is 116 Å². The predicted molar refractivity (Wildman–Crippen MR) is 161 cm³/mol. The van der Waals surface area contributed by atoms with Gasteiger partial charge in [0.05, 0.1) is 19.0 Å². The number of nitrogens with one attached hydrogen (secondary N) is 3. The quantitative estimate of drug-likeness (QED) is 0.0838. The lowest BCUT2D eigenvalue weighted by Crippen LogP contribution is -2.29. The van der Waals surface area contributed by atoms with E-state index < -0.39 is 17.0 Å². The Morgan fingerprint density at radius 2 is 2.03 bits per heavy atom. The third-order valence-electron chi connectivity index (χ3n) is 6.05. The maximum atomic E-state index is 14.3. The lowest BCUT2D eigenvalue weighted by molar-refractivity contribution is 0.0952. The molecule has 1 unspecified atom stereocenters. The highest BCUT2D eigenvalue weighted by Crippen LogP contribution is 2.28. The summed E-state index contributed by atoms with van der Waals surface area (Å²) in [6.45, 7) is 3.89. The van der Waals surface area contributed by atoms with E-state index in [1.165, 1.54) is 13.2 Å². The number of carbonyl (C=O) groups excluding carboxylic acids is 1. The van der Waals surface area contributed by atoms with Crippen LogP contribution < -0.4 is 20.7 Å². The molecule has 4 rings (SSSR count). The fourth-order valence-corrected chi connectivity index (χ4v) is 5.47. The Hall–Kier alpha value is -2.94. The van der Waals surface area contributed by atoms with Crippen molar-refractivity contribution in [3.8, 4) is 17.0 Å². The summed E-state index contributed by atoms with van der Waals surface area (Å²) in [6, 6.07) is 10.3. The van der Waals surface area contributed by atoms with Crippen molar-refractivity contribution in [1.29, 1.82) is 0 Å². The number of benzene rings is 2. The number of aromatic nitrogens is 3. The first kappa shape index (κ1) is 29.1. The second kappa shape index (κ2) is 13.9. The minimum atomic E-state index is -0.776. The largest absolute Gasteiger partial charge is 0.616 e. The van der Waals surface area contributed by atoms with Crippen molar-refractivity contribution < 1.29 is 18.5 Å². The van der Waals surface area contributed by atoms with Crippen LogP contribution >= 0.6 is 22.6 Å². The van der Waals surface area contributed by atoms with Crippen LogP contribution in [-0.2, 0) is 11.2 Å². The summed E-state index contributed by atoms with van der Waals surface area (Å²) in [5, 5.41) is 9.48. The standard InChI is InChI=1S/C27H30FIN6O3S/c1-18-14-20(5-6-21(18)27(36)32-9-3-8-30-11-13-39(37)17-29)34-25-26-33-16-23(35(26)12-10-31-25)19-4-7-24(38-2)22(28)15-19/h4-7,10,12,14-16,30H,3,8-9,11,13,17H2,1-2H3,(H,31,34)(H,32,36). The predicted octanol–water partition coefficient (Wildman–Crippen LogP) is 4.45. The van der Waals surface area contributed by atoms with Crippen molar-refractivity contribution >= 4 is 56.8 Å². The molecule has 0 fully saturated rings. The number of rotatable bonds is 13. The molecule has 4 aromatic rings. The Morgan fingerprint density at radius 1 is 1.18 bits per heavy atom. The number of ether oxygens (including phenoxy) is 1. The first-order valence-corrected chi connectivity index (χ1v) is 15.4. The summed E-state index contributed by atoms with van der Waals surface area (Å²) in [5.74, 6) is 0.774. The van der Waals surface area contributed by atoms with Gasteiger partial charge in [-0.1, -0.05) is 0 Å². The molecule has 0 aliphatic carbocycles. The second-order valence-electron chi connectivity index (χ2n) is 8.73. The van der Waals surface area contributed by atoms with Gasteiger partial charge in [0.25, 0.3) is 5.91 Å². The molecule has 0 aliphatic heterocycles. The molecule has 12 heteroatoms. The van der Waals surface area contributed by atoms with Crippen LogP contribution in [0.1, 0.15) is 22.3 Å². The molecule has 2 heterocycles. The third kappa shape index (κ3) is 7.38. The Bertz CT molecular complexity index is 1440. The molecular weight excluding hydrogens is 634 g/mol. The highest BCUT2D eigenvalue weighted by molar-refractivity contribution is 14.1. The molecule has 0 saturated carbocycles. The summed E-state index contributed by atoms with van der Waals surface area (Å²) >= 11 is 1.34. The minimum absolute atomic E-state index is 0.130. The van der Waals surface area contributed by atoms with E-state index in [0.29, 0.717) is 50.9 Å². The minimum Gasteiger partial charge on any atom is -0.616 e. The van der Waals surface area contributed by atoms with Crippen molar-refractivity contribution in [2.45, 2.75) is 13.3 Å². The zero-order chi connectivity index (χ0) is 27.8. The number of imidazole rings is 1. The number of nitrogens with zero attached hydrogens (tertiary/aromatic N) is 3. The summed E-state index contributed by atoms with van der Waals surface area (Å²) in [7, 11) is 1.43. The highest BCUT2D eigenvalue weighted by atomic mass is 127. The van der Waals surface area contributed by atoms with Crippen LogP contribution in [0.2, 0.25) is 0 Å². The van der Waals surface area contributed by atoms with Crippen LogP contribution in [-0.4, -0.2) is 61.1 Å². The average molecular weight is 665 g/mol. The van der Waals surface area contributed by atoms with E-state index >= 15 is 0 Å². The van der Waals surface area contributed by atoms with E-state index in [9.17, 15) is 13.7 Å². The first-order valence-electron chi connectivity index (χ1n) is 12.3. The van der Waals surface area contributed by atoms with Gasteiger partial charge in [0.1, 0.15) is 5.75 Å². The maximum absolute atomic E-state index is 14.3. The molecule has 0 spiro atoms. The van der Waals surface area contributed by atoms with Crippen LogP contribution in [0.15, 0.2) is 55.0 Å². The van der Waals surface area contributed by atoms with E-state index in [1.54, 1.807) is 36.8 Å². The number of methoxy groups -OCH3 is 1. The van der Waals surface area contributed by atoms with E-state index in [1.807, 2.05) is 23.5 Å². The van der Waals surface area contributed by atoms with Crippen LogP contribution in [0.3, 0.4) is 0 Å². The van der Waals surface area contributed by atoms with Gasteiger partial charge in [-0.05, 0) is 95.6 Å². The van der Waals surface area contributed by atoms with Crippen molar-refractivity contribution in [1.82, 2.24) is 25.0 Å². The van der Waals surface area contributed by atoms with E-state index in [4.69, 9.17) is 4.74 Å². The van der Waals surface area contributed by atoms with Crippen LogP contribution in [0.5, 0.6) is 5.75 Å². The van der Waals surface area contributed by atoms with Crippen molar-refractivity contribution in [3.63, 3.8) is 0 Å². The Labute approximate surface area is 243 Å². The van der Waals surface area contributed by atoms with Gasteiger partial charge in [-0.25, -0.2) is 14.4 Å². The van der Waals surface area contributed by atoms with Crippen LogP contribution in [0, 0.1) is 12.7 Å². The molecule has 39 heavy (non-hydrogen) atoms. The number of aryl methyl sites for hydroxylation is 1. The van der Waals surface area contributed by atoms with E-state index in [0.717, 1.165) is 24.2 Å². The van der Waals surface area contributed by atoms with Gasteiger partial charge in [-0.3, -0.25) is 9.20 Å². The number of carbonyl (C=O) groups is 1. The molecule has 0 aliphatic rings. The number of hydrogen-bond donors (Lipinski definition) is 3. The molecule has 3 N–H and O–H groups in total. The van der Waals surface area contributed by atoms with Gasteiger partial charge in [-0.2, -0.15) is 0 Å². The number of fused-ring (bicyclic) bond motifs is 1. The lowest BCUT2D eigenvalue weighted by atomic mass is 10.1. The number of anilines is 2. The van der Waals surface area contributed by atoms with Gasteiger partial charge in [0.2, 0.25) is 0 Å². The molecule has 1 atom stereocenters. The lowest BCUT2D eigenvalue weighted by Gasteiger charge is -2.12. The summed E-state index contributed by atoms with van der Waals surface area (Å²) in [6.07, 6.45) is 5.87. The van der Waals surface area contributed by atoms with Crippen LogP contribution in [0.4, 0.5) is 15.9 Å². The van der Waals surface area contributed by atoms with Gasteiger partial charge < -0.3 is 25.2 Å². The zero-order valence-electron chi connectivity index (χ0n) is 21.7. The van der Waals surface area contributed by atoms with Gasteiger partial charge in [-0.15, -0.1) is 0 Å². The monoisotopic (exact) mass is 664 g/mol. The maximum Gasteiger partial charge on any atom is 0.251 e. The number of hydrogen-bond acceptors (Lipinski definition) is 7. The Balaban J connectivity index is 1.38. The third-order valence-corrected chi connectivity index (χ3v) is 9.04. The molecule has 206 valence electrons. The molecule has 0 bridgehead atoms. The molecule has 9 nitrogen and oxygen atoms in total. The molecule has 0 saturated heterocycles. The second-order valence-corrected chi connectivity index (χ2v) is 12.1. The molecule has 0 radical (unpaired) electrons. The van der Waals surface area contributed by atoms with E-state index in [-0.39, 0.29) is 11.7 Å². The summed E-state index contributed by atoms with van der Waals surface area (Å²) in [4.78, 5) is 21.6. The van der Waals surface area contributed by atoms with Crippen molar-refractivity contribution in [2.75, 3.05) is 41.6 Å². The number of halogens is 2. The fourth-order valence-electron chi connectivity index (χ4n) is 4.06.